The number of hydrogen-bond donors (Lipinski definition) is 3. The minimum atomic E-state index is -3.67. The summed E-state index contributed by atoms with van der Waals surface area (Å²) in [5.41, 5.74) is 12.9. The summed E-state index contributed by atoms with van der Waals surface area (Å²) in [6.07, 6.45) is 3.89. The molecule has 18 heteroatoms. The number of anilines is 1. The molecule has 1 fully saturated rings. The first-order valence-corrected chi connectivity index (χ1v) is 17.1. The molecule has 44 heavy (non-hydrogen) atoms. The van der Waals surface area contributed by atoms with Crippen LogP contribution >= 0.6 is 27.7 Å². The quantitative estimate of drug-likeness (QED) is 0.226. The SMILES string of the molecule is CS(=O)(=O)O.C[C@H](N)C(=O)O[C@@H](C)C(=O)N1CCC(CCn2c(Sc3cc4c(cc3Br)OCO4)nc3c(N)ncnc32)CC1. The number of nitrogen functional groups attached to an aromatic ring is 1. The van der Waals surface area contributed by atoms with Crippen molar-refractivity contribution in [3.05, 3.63) is 22.9 Å². The lowest BCUT2D eigenvalue weighted by molar-refractivity contribution is -0.160. The smallest absolute Gasteiger partial charge is 0.323 e. The van der Waals surface area contributed by atoms with Gasteiger partial charge in [-0.3, -0.25) is 14.1 Å². The Morgan fingerprint density at radius 2 is 1.84 bits per heavy atom. The summed E-state index contributed by atoms with van der Waals surface area (Å²) in [6, 6.07) is 3.05. The Morgan fingerprint density at radius 3 is 2.48 bits per heavy atom. The van der Waals surface area contributed by atoms with Gasteiger partial charge in [0.05, 0.1) is 6.26 Å². The molecule has 4 heterocycles. The maximum absolute atomic E-state index is 12.7. The van der Waals surface area contributed by atoms with Gasteiger partial charge < -0.3 is 35.1 Å². The third-order valence-corrected chi connectivity index (χ3v) is 8.82. The topological polar surface area (TPSA) is 215 Å². The fraction of sp³-hybridized carbons (Fsp3) is 0.500. The summed E-state index contributed by atoms with van der Waals surface area (Å²) in [7, 11) is -3.67. The lowest BCUT2D eigenvalue weighted by atomic mass is 9.93. The van der Waals surface area contributed by atoms with E-state index in [2.05, 4.69) is 30.5 Å². The van der Waals surface area contributed by atoms with Gasteiger partial charge in [-0.25, -0.2) is 15.0 Å². The third kappa shape index (κ3) is 8.71. The molecule has 2 aliphatic heterocycles. The van der Waals surface area contributed by atoms with E-state index in [4.69, 9.17) is 35.2 Å². The molecule has 2 atom stereocenters. The van der Waals surface area contributed by atoms with Gasteiger partial charge in [-0.2, -0.15) is 8.42 Å². The highest BCUT2D eigenvalue weighted by molar-refractivity contribution is 9.10. The number of benzene rings is 1. The van der Waals surface area contributed by atoms with Crippen molar-refractivity contribution in [2.75, 3.05) is 31.9 Å². The molecule has 0 aliphatic carbocycles. The highest BCUT2D eigenvalue weighted by atomic mass is 79.9. The highest BCUT2D eigenvalue weighted by Crippen LogP contribution is 2.43. The lowest BCUT2D eigenvalue weighted by Crippen LogP contribution is -2.45. The van der Waals surface area contributed by atoms with E-state index in [-0.39, 0.29) is 12.7 Å². The number of carbonyl (C=O) groups is 2. The molecule has 15 nitrogen and oxygen atoms in total. The zero-order chi connectivity index (χ0) is 32.2. The minimum Gasteiger partial charge on any atom is -0.454 e. The first-order valence-electron chi connectivity index (χ1n) is 13.6. The van der Waals surface area contributed by atoms with Crippen molar-refractivity contribution in [1.82, 2.24) is 24.4 Å². The van der Waals surface area contributed by atoms with Crippen LogP contribution in [0.25, 0.3) is 11.2 Å². The van der Waals surface area contributed by atoms with Crippen molar-refractivity contribution in [3.63, 3.8) is 0 Å². The average Bonchev–Trinajstić information content (AvgIpc) is 3.55. The van der Waals surface area contributed by atoms with Crippen LogP contribution in [-0.4, -0.2) is 87.6 Å². The maximum Gasteiger partial charge on any atom is 0.323 e. The fourth-order valence-electron chi connectivity index (χ4n) is 4.63. The number of amides is 1. The second-order valence-corrected chi connectivity index (χ2v) is 13.7. The van der Waals surface area contributed by atoms with Gasteiger partial charge in [-0.05, 0) is 67.1 Å². The molecule has 1 aromatic carbocycles. The number of likely N-dealkylation sites (tertiary alicyclic amines) is 1. The molecule has 5 N–H and O–H groups in total. The Labute approximate surface area is 266 Å². The van der Waals surface area contributed by atoms with Crippen molar-refractivity contribution in [2.24, 2.45) is 11.7 Å². The van der Waals surface area contributed by atoms with Crippen molar-refractivity contribution >= 4 is 66.7 Å². The van der Waals surface area contributed by atoms with E-state index in [1.54, 1.807) is 11.8 Å². The Kier molecular flexibility index (Phi) is 10.9. The number of imidazole rings is 1. The molecule has 1 saturated heterocycles. The summed E-state index contributed by atoms with van der Waals surface area (Å²) in [6.45, 7) is 5.21. The first kappa shape index (κ1) is 33.7. The number of aromatic nitrogens is 4. The minimum absolute atomic E-state index is 0.191. The Hall–Kier alpha value is -3.19. The monoisotopic (exact) mass is 715 g/mol. The van der Waals surface area contributed by atoms with Crippen molar-refractivity contribution in [1.29, 1.82) is 0 Å². The summed E-state index contributed by atoms with van der Waals surface area (Å²) in [4.78, 5) is 40.5. The van der Waals surface area contributed by atoms with Crippen molar-refractivity contribution < 1.29 is 36.8 Å². The maximum atomic E-state index is 12.7. The van der Waals surface area contributed by atoms with Gasteiger partial charge in [0.15, 0.2) is 39.7 Å². The van der Waals surface area contributed by atoms with E-state index in [1.165, 1.54) is 25.0 Å². The molecule has 0 bridgehead atoms. The largest absolute Gasteiger partial charge is 0.454 e. The molecule has 0 spiro atoms. The summed E-state index contributed by atoms with van der Waals surface area (Å²) < 4.78 is 45.0. The summed E-state index contributed by atoms with van der Waals surface area (Å²) in [5, 5.41) is 0.745. The number of halogens is 1. The van der Waals surface area contributed by atoms with E-state index in [1.807, 2.05) is 12.1 Å². The number of aryl methyl sites for hydroxylation is 1. The number of nitrogens with two attached hydrogens (primary N) is 2. The van der Waals surface area contributed by atoms with Crippen LogP contribution in [0.2, 0.25) is 0 Å². The second-order valence-electron chi connectivity index (χ2n) is 10.4. The number of esters is 1. The van der Waals surface area contributed by atoms with Gasteiger partial charge in [0.2, 0.25) is 6.79 Å². The highest BCUT2D eigenvalue weighted by Gasteiger charge is 2.29. The molecule has 1 amide bonds. The number of piperidine rings is 1. The zero-order valence-electron chi connectivity index (χ0n) is 24.3. The van der Waals surface area contributed by atoms with Gasteiger partial charge in [-0.15, -0.1) is 0 Å². The predicted octanol–water partition coefficient (Wildman–Crippen LogP) is 2.46. The van der Waals surface area contributed by atoms with E-state index >= 15 is 0 Å². The van der Waals surface area contributed by atoms with Crippen molar-refractivity contribution in [2.45, 2.75) is 61.9 Å². The van der Waals surface area contributed by atoms with E-state index < -0.39 is 28.2 Å². The number of ether oxygens (including phenoxy) is 3. The zero-order valence-corrected chi connectivity index (χ0v) is 27.5. The van der Waals surface area contributed by atoms with Crippen LogP contribution in [0.3, 0.4) is 0 Å². The van der Waals surface area contributed by atoms with Crippen LogP contribution in [-0.2, 0) is 31.0 Å². The normalized spacial score (nSPS) is 16.3. The molecule has 0 unspecified atom stereocenters. The van der Waals surface area contributed by atoms with Crippen molar-refractivity contribution in [3.8, 4) is 11.5 Å². The fourth-order valence-corrected chi connectivity index (χ4v) is 6.14. The van der Waals surface area contributed by atoms with Gasteiger partial charge in [0.25, 0.3) is 16.0 Å². The summed E-state index contributed by atoms with van der Waals surface area (Å²) in [5.74, 6) is 1.35. The molecule has 0 radical (unpaired) electrons. The molecule has 0 saturated carbocycles. The van der Waals surface area contributed by atoms with Crippen LogP contribution < -0.4 is 20.9 Å². The number of rotatable bonds is 8. The third-order valence-electron chi connectivity index (χ3n) is 6.85. The van der Waals surface area contributed by atoms with Crippen LogP contribution in [0.5, 0.6) is 11.5 Å². The molecule has 240 valence electrons. The van der Waals surface area contributed by atoms with E-state index in [0.29, 0.717) is 60.3 Å². The number of fused-ring (bicyclic) bond motifs is 2. The van der Waals surface area contributed by atoms with E-state index in [9.17, 15) is 18.0 Å². The average molecular weight is 717 g/mol. The van der Waals surface area contributed by atoms with Crippen LogP contribution in [0.15, 0.2) is 33.0 Å². The summed E-state index contributed by atoms with van der Waals surface area (Å²) >= 11 is 5.11. The second kappa shape index (κ2) is 14.3. The number of carbonyl (C=O) groups excluding carboxylic acids is 2. The van der Waals surface area contributed by atoms with Gasteiger partial charge >= 0.3 is 5.97 Å². The lowest BCUT2D eigenvalue weighted by Gasteiger charge is -2.33. The first-order chi connectivity index (χ1) is 20.7. The predicted molar refractivity (Wildman–Crippen MR) is 165 cm³/mol. The molecular formula is C26H34BrN7O8S2. The molecule has 2 aromatic heterocycles. The number of nitrogens with zero attached hydrogens (tertiary/aromatic N) is 5. The molecule has 3 aromatic rings. The van der Waals surface area contributed by atoms with Crippen LogP contribution in [0.4, 0.5) is 5.82 Å². The Balaban J connectivity index is 0.000000818. The Bertz CT molecular complexity index is 1620. The Morgan fingerprint density at radius 1 is 1.20 bits per heavy atom. The van der Waals surface area contributed by atoms with Crippen LogP contribution in [0.1, 0.15) is 33.1 Å². The van der Waals surface area contributed by atoms with Gasteiger partial charge in [-0.1, -0.05) is 11.8 Å². The molecule has 5 rings (SSSR count). The number of hydrogen-bond acceptors (Lipinski definition) is 13. The van der Waals surface area contributed by atoms with Crippen LogP contribution in [0, 0.1) is 5.92 Å². The standard InChI is InChI=1S/C25H30BrN7O5S.CH4O3S/c1-13(27)24(35)38-14(2)23(34)32-6-3-15(4-7-32)5-8-33-22-20(21(28)29-11-30-22)31-25(33)39-19-10-18-17(9-16(19)26)36-12-37-18;1-5(2,3)4/h9-11,13-15H,3-8,12,27H2,1-2H3,(H2,28,29,30);1H3,(H,2,3,4)/t13-,14-;/m0./s1. The van der Waals surface area contributed by atoms with Gasteiger partial charge in [0, 0.05) is 29.0 Å². The van der Waals surface area contributed by atoms with E-state index in [0.717, 1.165) is 33.8 Å². The van der Waals surface area contributed by atoms with Gasteiger partial charge in [0.1, 0.15) is 12.4 Å². The molecule has 2 aliphatic rings. The molecular weight excluding hydrogens is 682 g/mol.